The zero-order valence-corrected chi connectivity index (χ0v) is 12.3. The van der Waals surface area contributed by atoms with Gasteiger partial charge >= 0.3 is 0 Å². The minimum absolute atomic E-state index is 0.167. The van der Waals surface area contributed by atoms with Gasteiger partial charge in [-0.1, -0.05) is 6.92 Å². The van der Waals surface area contributed by atoms with Crippen LogP contribution in [-0.4, -0.2) is 28.7 Å². The highest BCUT2D eigenvalue weighted by atomic mass is 16.1. The molecule has 0 spiro atoms. The highest BCUT2D eigenvalue weighted by molar-refractivity contribution is 5.86. The van der Waals surface area contributed by atoms with Crippen LogP contribution in [0.5, 0.6) is 0 Å². The van der Waals surface area contributed by atoms with E-state index in [-0.39, 0.29) is 5.41 Å². The van der Waals surface area contributed by atoms with Gasteiger partial charge in [0.25, 0.3) is 0 Å². The normalized spacial score (nSPS) is 23.8. The maximum absolute atomic E-state index is 12.6. The van der Waals surface area contributed by atoms with Gasteiger partial charge in [0.05, 0.1) is 12.1 Å². The summed E-state index contributed by atoms with van der Waals surface area (Å²) in [6, 6.07) is 2.32. The molecule has 1 aliphatic heterocycles. The molecule has 19 heavy (non-hydrogen) atoms. The average Bonchev–Trinajstić information content (AvgIpc) is 2.88. The van der Waals surface area contributed by atoms with E-state index in [0.717, 1.165) is 38.0 Å². The molecule has 1 fully saturated rings. The third-order valence-corrected chi connectivity index (χ3v) is 4.27. The van der Waals surface area contributed by atoms with Crippen molar-refractivity contribution < 1.29 is 4.79 Å². The Bertz CT molecular complexity index is 430. The summed E-state index contributed by atoms with van der Waals surface area (Å²) >= 11 is 0. The first-order valence-electron chi connectivity index (χ1n) is 7.35. The molecule has 0 aromatic carbocycles. The van der Waals surface area contributed by atoms with Gasteiger partial charge in [0.2, 0.25) is 0 Å². The molecule has 0 amide bonds. The van der Waals surface area contributed by atoms with Gasteiger partial charge in [-0.15, -0.1) is 0 Å². The lowest BCUT2D eigenvalue weighted by Gasteiger charge is -2.35. The van der Waals surface area contributed by atoms with Crippen LogP contribution >= 0.6 is 0 Å². The maximum Gasteiger partial charge on any atom is 0.146 e. The summed E-state index contributed by atoms with van der Waals surface area (Å²) in [5, 5.41) is 7.86. The van der Waals surface area contributed by atoms with Crippen molar-refractivity contribution in [1.82, 2.24) is 15.1 Å². The fourth-order valence-electron chi connectivity index (χ4n) is 2.82. The zero-order valence-electron chi connectivity index (χ0n) is 12.3. The summed E-state index contributed by atoms with van der Waals surface area (Å²) in [4.78, 5) is 12.6. The van der Waals surface area contributed by atoms with E-state index in [1.165, 1.54) is 0 Å². The highest BCUT2D eigenvalue weighted by Gasteiger charge is 2.37. The first-order valence-corrected chi connectivity index (χ1v) is 7.35. The fourth-order valence-corrected chi connectivity index (χ4v) is 2.82. The molecule has 4 nitrogen and oxygen atoms in total. The van der Waals surface area contributed by atoms with E-state index in [9.17, 15) is 4.79 Å². The van der Waals surface area contributed by atoms with Gasteiger partial charge in [0.1, 0.15) is 5.78 Å². The number of hydrogen-bond donors (Lipinski definition) is 1. The SMILES string of the molecule is CCC1(C(=O)Cc2ccn(C(C)C)n2)CCCNC1. The van der Waals surface area contributed by atoms with Crippen molar-refractivity contribution in [2.24, 2.45) is 5.41 Å². The van der Waals surface area contributed by atoms with E-state index < -0.39 is 0 Å². The van der Waals surface area contributed by atoms with Crippen LogP contribution in [0.3, 0.4) is 0 Å². The molecular weight excluding hydrogens is 238 g/mol. The largest absolute Gasteiger partial charge is 0.316 e. The summed E-state index contributed by atoms with van der Waals surface area (Å²) < 4.78 is 1.92. The van der Waals surface area contributed by atoms with Crippen LogP contribution in [0.1, 0.15) is 51.8 Å². The van der Waals surface area contributed by atoms with Crippen LogP contribution in [0.15, 0.2) is 12.3 Å². The van der Waals surface area contributed by atoms with Gasteiger partial charge in [-0.25, -0.2) is 0 Å². The minimum Gasteiger partial charge on any atom is -0.316 e. The Labute approximate surface area is 115 Å². The van der Waals surface area contributed by atoms with Crippen molar-refractivity contribution in [3.05, 3.63) is 18.0 Å². The van der Waals surface area contributed by atoms with E-state index in [1.54, 1.807) is 0 Å². The predicted molar refractivity (Wildman–Crippen MR) is 76.2 cm³/mol. The molecule has 2 rings (SSSR count). The van der Waals surface area contributed by atoms with Gasteiger partial charge in [-0.05, 0) is 45.7 Å². The lowest BCUT2D eigenvalue weighted by Crippen LogP contribution is -2.45. The van der Waals surface area contributed by atoms with Crippen LogP contribution in [0.4, 0.5) is 0 Å². The average molecular weight is 263 g/mol. The molecule has 1 aliphatic rings. The van der Waals surface area contributed by atoms with Crippen molar-refractivity contribution in [3.8, 4) is 0 Å². The zero-order chi connectivity index (χ0) is 13.9. The second-order valence-corrected chi connectivity index (χ2v) is 5.90. The maximum atomic E-state index is 12.6. The first-order chi connectivity index (χ1) is 9.07. The summed E-state index contributed by atoms with van der Waals surface area (Å²) in [6.45, 7) is 8.18. The molecule has 1 unspecified atom stereocenters. The fraction of sp³-hybridized carbons (Fsp3) is 0.733. The molecule has 0 radical (unpaired) electrons. The van der Waals surface area contributed by atoms with Crippen LogP contribution < -0.4 is 5.32 Å². The Balaban J connectivity index is 2.06. The van der Waals surface area contributed by atoms with Gasteiger partial charge < -0.3 is 5.32 Å². The van der Waals surface area contributed by atoms with Crippen molar-refractivity contribution in [3.63, 3.8) is 0 Å². The van der Waals surface area contributed by atoms with Gasteiger partial charge in [0, 0.05) is 24.2 Å². The molecule has 0 bridgehead atoms. The highest BCUT2D eigenvalue weighted by Crippen LogP contribution is 2.32. The number of carbonyl (C=O) groups is 1. The second-order valence-electron chi connectivity index (χ2n) is 5.90. The third kappa shape index (κ3) is 3.06. The molecule has 0 saturated carbocycles. The summed E-state index contributed by atoms with van der Waals surface area (Å²) in [5.74, 6) is 0.344. The summed E-state index contributed by atoms with van der Waals surface area (Å²) in [6.07, 6.45) is 5.46. The van der Waals surface area contributed by atoms with Crippen LogP contribution in [0.2, 0.25) is 0 Å². The molecule has 2 heterocycles. The molecule has 1 N–H and O–H groups in total. The summed E-state index contributed by atoms with van der Waals surface area (Å²) in [7, 11) is 0. The van der Waals surface area contributed by atoms with Crippen LogP contribution in [-0.2, 0) is 11.2 Å². The van der Waals surface area contributed by atoms with E-state index in [0.29, 0.717) is 18.2 Å². The Hall–Kier alpha value is -1.16. The van der Waals surface area contributed by atoms with Gasteiger partial charge in [0.15, 0.2) is 0 Å². The van der Waals surface area contributed by atoms with E-state index >= 15 is 0 Å². The van der Waals surface area contributed by atoms with Crippen molar-refractivity contribution in [1.29, 1.82) is 0 Å². The molecule has 1 atom stereocenters. The Morgan fingerprint density at radius 2 is 2.37 bits per heavy atom. The van der Waals surface area contributed by atoms with E-state index in [4.69, 9.17) is 0 Å². The second kappa shape index (κ2) is 5.87. The molecule has 1 aromatic heterocycles. The van der Waals surface area contributed by atoms with Crippen molar-refractivity contribution in [2.45, 2.75) is 52.5 Å². The monoisotopic (exact) mass is 263 g/mol. The smallest absolute Gasteiger partial charge is 0.146 e. The van der Waals surface area contributed by atoms with Crippen molar-refractivity contribution >= 4 is 5.78 Å². The quantitative estimate of drug-likeness (QED) is 0.887. The molecular formula is C15H25N3O. The molecule has 4 heteroatoms. The topological polar surface area (TPSA) is 46.9 Å². The minimum atomic E-state index is -0.167. The van der Waals surface area contributed by atoms with Gasteiger partial charge in [-0.3, -0.25) is 9.48 Å². The van der Waals surface area contributed by atoms with Crippen molar-refractivity contribution in [2.75, 3.05) is 13.1 Å². The lowest BCUT2D eigenvalue weighted by molar-refractivity contribution is -0.129. The van der Waals surface area contributed by atoms with Crippen LogP contribution in [0.25, 0.3) is 0 Å². The number of nitrogens with zero attached hydrogens (tertiary/aromatic N) is 2. The Kier molecular flexibility index (Phi) is 4.40. The standard InChI is InChI=1S/C15H25N3O/c1-4-15(7-5-8-16-11-15)14(19)10-13-6-9-18(17-13)12(2)3/h6,9,12,16H,4-5,7-8,10-11H2,1-3H3. The lowest BCUT2D eigenvalue weighted by atomic mass is 9.73. The number of piperidine rings is 1. The number of Topliss-reactive ketones (excluding diaryl/α,β-unsaturated/α-hetero) is 1. The predicted octanol–water partition coefficient (Wildman–Crippen LogP) is 2.36. The molecule has 1 saturated heterocycles. The summed E-state index contributed by atoms with van der Waals surface area (Å²) in [5.41, 5.74) is 0.733. The first kappa shape index (κ1) is 14.3. The Morgan fingerprint density at radius 3 is 2.89 bits per heavy atom. The number of ketones is 1. The van der Waals surface area contributed by atoms with Gasteiger partial charge in [-0.2, -0.15) is 5.10 Å². The third-order valence-electron chi connectivity index (χ3n) is 4.27. The number of rotatable bonds is 5. The Morgan fingerprint density at radius 1 is 1.58 bits per heavy atom. The number of hydrogen-bond acceptors (Lipinski definition) is 3. The van der Waals surface area contributed by atoms with E-state index in [1.807, 2.05) is 16.9 Å². The number of nitrogens with one attached hydrogen (secondary N) is 1. The number of carbonyl (C=O) groups excluding carboxylic acids is 1. The van der Waals surface area contributed by atoms with E-state index in [2.05, 4.69) is 31.2 Å². The molecule has 106 valence electrons. The van der Waals surface area contributed by atoms with Crippen LogP contribution in [0, 0.1) is 5.41 Å². The number of aromatic nitrogens is 2. The molecule has 0 aliphatic carbocycles. The molecule has 1 aromatic rings.